The zero-order valence-electron chi connectivity index (χ0n) is 13.3. The maximum atomic E-state index is 12.6. The zero-order chi connectivity index (χ0) is 15.6. The quantitative estimate of drug-likeness (QED) is 0.835. The van der Waals surface area contributed by atoms with Gasteiger partial charge >= 0.3 is 0 Å². The molecular formula is C21H22O2. The number of carbonyl (C=O) groups excluding carboxylic acids is 1. The second kappa shape index (κ2) is 6.29. The molecule has 118 valence electrons. The third-order valence-electron chi connectivity index (χ3n) is 5.19. The molecule has 0 aromatic heterocycles. The van der Waals surface area contributed by atoms with Gasteiger partial charge in [0.25, 0.3) is 0 Å². The summed E-state index contributed by atoms with van der Waals surface area (Å²) in [6.45, 7) is 0. The number of carbonyl (C=O) groups is 1. The first-order valence-corrected chi connectivity index (χ1v) is 8.60. The Morgan fingerprint density at radius 2 is 1.48 bits per heavy atom. The monoisotopic (exact) mass is 306 g/mol. The minimum Gasteiger partial charge on any atom is -0.375 e. The summed E-state index contributed by atoms with van der Waals surface area (Å²) in [4.78, 5) is 12.6. The van der Waals surface area contributed by atoms with Crippen LogP contribution in [0.2, 0.25) is 0 Å². The average molecular weight is 306 g/mol. The molecule has 23 heavy (non-hydrogen) atoms. The summed E-state index contributed by atoms with van der Waals surface area (Å²) in [5.74, 6) is 0.590. The van der Waals surface area contributed by atoms with Gasteiger partial charge in [-0.05, 0) is 42.4 Å². The summed E-state index contributed by atoms with van der Waals surface area (Å²) in [7, 11) is 0. The van der Waals surface area contributed by atoms with Gasteiger partial charge in [0, 0.05) is 12.3 Å². The van der Waals surface area contributed by atoms with E-state index in [2.05, 4.69) is 36.4 Å². The lowest BCUT2D eigenvalue weighted by Crippen LogP contribution is -2.30. The summed E-state index contributed by atoms with van der Waals surface area (Å²) >= 11 is 0. The van der Waals surface area contributed by atoms with Crippen molar-refractivity contribution in [1.82, 2.24) is 0 Å². The zero-order valence-corrected chi connectivity index (χ0v) is 13.3. The lowest BCUT2D eigenvalue weighted by molar-refractivity contribution is -0.127. The molecule has 0 radical (unpaired) electrons. The Hall–Kier alpha value is -1.93. The van der Waals surface area contributed by atoms with Crippen LogP contribution in [0.15, 0.2) is 54.6 Å². The van der Waals surface area contributed by atoms with E-state index in [-0.39, 0.29) is 5.92 Å². The molecule has 0 amide bonds. The number of hydrogen-bond donors (Lipinski definition) is 0. The number of ether oxygens (including phenoxy) is 1. The van der Waals surface area contributed by atoms with Crippen LogP contribution >= 0.6 is 0 Å². The smallest absolute Gasteiger partial charge is 0.140 e. The largest absolute Gasteiger partial charge is 0.375 e. The topological polar surface area (TPSA) is 26.3 Å². The number of fused-ring (bicyclic) bond motifs is 2. The Morgan fingerprint density at radius 3 is 2.13 bits per heavy atom. The van der Waals surface area contributed by atoms with E-state index >= 15 is 0 Å². The van der Waals surface area contributed by atoms with Crippen LogP contribution < -0.4 is 0 Å². The summed E-state index contributed by atoms with van der Waals surface area (Å²) in [5, 5.41) is 0. The lowest BCUT2D eigenvalue weighted by Gasteiger charge is -2.27. The highest BCUT2D eigenvalue weighted by molar-refractivity contribution is 5.83. The van der Waals surface area contributed by atoms with E-state index in [4.69, 9.17) is 4.74 Å². The van der Waals surface area contributed by atoms with Gasteiger partial charge in [0.1, 0.15) is 5.78 Å². The van der Waals surface area contributed by atoms with E-state index in [0.717, 1.165) is 31.2 Å². The van der Waals surface area contributed by atoms with E-state index in [9.17, 15) is 4.79 Å². The van der Waals surface area contributed by atoms with Gasteiger partial charge in [-0.3, -0.25) is 4.79 Å². The molecule has 0 aliphatic carbocycles. The van der Waals surface area contributed by atoms with E-state index < -0.39 is 0 Å². The Labute approximate surface area is 137 Å². The molecule has 2 heterocycles. The van der Waals surface area contributed by atoms with Crippen molar-refractivity contribution in [3.63, 3.8) is 0 Å². The number of hydrogen-bond acceptors (Lipinski definition) is 2. The highest BCUT2D eigenvalue weighted by Crippen LogP contribution is 2.36. The molecule has 2 aliphatic rings. The van der Waals surface area contributed by atoms with Crippen molar-refractivity contribution in [2.24, 2.45) is 5.92 Å². The molecule has 2 bridgehead atoms. The van der Waals surface area contributed by atoms with Gasteiger partial charge in [-0.1, -0.05) is 54.6 Å². The molecule has 0 N–H and O–H groups in total. The van der Waals surface area contributed by atoms with Crippen LogP contribution in [0.1, 0.15) is 31.2 Å². The molecule has 2 aliphatic heterocycles. The van der Waals surface area contributed by atoms with Crippen LogP contribution in [0.3, 0.4) is 0 Å². The van der Waals surface area contributed by atoms with Crippen molar-refractivity contribution in [2.45, 2.75) is 44.3 Å². The van der Waals surface area contributed by atoms with Gasteiger partial charge < -0.3 is 4.74 Å². The molecule has 2 fully saturated rings. The minimum absolute atomic E-state index is 0.204. The van der Waals surface area contributed by atoms with E-state index in [0.29, 0.717) is 24.4 Å². The van der Waals surface area contributed by atoms with Gasteiger partial charge in [0.2, 0.25) is 0 Å². The van der Waals surface area contributed by atoms with Gasteiger partial charge in [-0.15, -0.1) is 0 Å². The van der Waals surface area contributed by atoms with Gasteiger partial charge in [0.05, 0.1) is 12.2 Å². The van der Waals surface area contributed by atoms with Crippen molar-refractivity contribution in [3.05, 3.63) is 60.2 Å². The highest BCUT2D eigenvalue weighted by atomic mass is 16.5. The van der Waals surface area contributed by atoms with Gasteiger partial charge in [-0.2, -0.15) is 0 Å². The van der Waals surface area contributed by atoms with Crippen LogP contribution in [0, 0.1) is 5.92 Å². The molecule has 2 heteroatoms. The summed E-state index contributed by atoms with van der Waals surface area (Å²) in [6.07, 6.45) is 5.36. The molecule has 4 rings (SSSR count). The maximum Gasteiger partial charge on any atom is 0.140 e. The number of Topliss-reactive ketones (excluding diaryl/α,β-unsaturated/α-hetero) is 1. The molecule has 2 unspecified atom stereocenters. The minimum atomic E-state index is 0.204. The first kappa shape index (κ1) is 14.6. The second-order valence-electron chi connectivity index (χ2n) is 6.83. The number of rotatable bonds is 4. The van der Waals surface area contributed by atoms with Crippen molar-refractivity contribution in [3.8, 4) is 11.1 Å². The van der Waals surface area contributed by atoms with Crippen LogP contribution in [-0.4, -0.2) is 18.0 Å². The molecule has 0 saturated carbocycles. The van der Waals surface area contributed by atoms with Gasteiger partial charge in [0.15, 0.2) is 0 Å². The second-order valence-corrected chi connectivity index (χ2v) is 6.83. The fourth-order valence-electron chi connectivity index (χ4n) is 3.91. The summed E-state index contributed by atoms with van der Waals surface area (Å²) in [5.41, 5.74) is 3.53. The maximum absolute atomic E-state index is 12.6. The standard InChI is InChI=1S/C21H22O2/c22-21(18-13-19-10-11-20(14-18)23-19)12-15-6-8-17(9-7-15)16-4-2-1-3-5-16/h1-9,18-20H,10-14H2. The molecular weight excluding hydrogens is 284 g/mol. The predicted molar refractivity (Wildman–Crippen MR) is 91.2 cm³/mol. The van der Waals surface area contributed by atoms with Crippen LogP contribution in [0.4, 0.5) is 0 Å². The molecule has 2 atom stereocenters. The van der Waals surface area contributed by atoms with E-state index in [1.807, 2.05) is 18.2 Å². The summed E-state index contributed by atoms with van der Waals surface area (Å²) in [6, 6.07) is 18.8. The first-order valence-electron chi connectivity index (χ1n) is 8.60. The van der Waals surface area contributed by atoms with Crippen molar-refractivity contribution in [1.29, 1.82) is 0 Å². The third-order valence-corrected chi connectivity index (χ3v) is 5.19. The summed E-state index contributed by atoms with van der Waals surface area (Å²) < 4.78 is 5.84. The highest BCUT2D eigenvalue weighted by Gasteiger charge is 2.37. The Kier molecular flexibility index (Phi) is 4.00. The number of ketones is 1. The third kappa shape index (κ3) is 3.23. The van der Waals surface area contributed by atoms with Crippen molar-refractivity contribution < 1.29 is 9.53 Å². The van der Waals surface area contributed by atoms with Crippen LogP contribution in [0.25, 0.3) is 11.1 Å². The molecule has 2 saturated heterocycles. The lowest BCUT2D eigenvalue weighted by atomic mass is 9.88. The van der Waals surface area contributed by atoms with Crippen molar-refractivity contribution >= 4 is 5.78 Å². The molecule has 2 nitrogen and oxygen atoms in total. The fraction of sp³-hybridized carbons (Fsp3) is 0.381. The molecule has 0 spiro atoms. The number of benzene rings is 2. The van der Waals surface area contributed by atoms with E-state index in [1.54, 1.807) is 0 Å². The Balaban J connectivity index is 1.42. The molecule has 2 aromatic carbocycles. The van der Waals surface area contributed by atoms with Gasteiger partial charge in [-0.25, -0.2) is 0 Å². The van der Waals surface area contributed by atoms with E-state index in [1.165, 1.54) is 11.1 Å². The SMILES string of the molecule is O=C(Cc1ccc(-c2ccccc2)cc1)C1CC2CCC(C1)O2. The van der Waals surface area contributed by atoms with Crippen LogP contribution in [-0.2, 0) is 16.0 Å². The predicted octanol–water partition coefficient (Wildman–Crippen LogP) is 4.42. The first-order chi connectivity index (χ1) is 11.3. The van der Waals surface area contributed by atoms with Crippen LogP contribution in [0.5, 0.6) is 0 Å². The Bertz CT molecular complexity index is 663. The normalized spacial score (nSPS) is 26.2. The molecule has 2 aromatic rings. The van der Waals surface area contributed by atoms with Crippen molar-refractivity contribution in [2.75, 3.05) is 0 Å². The average Bonchev–Trinajstić information content (AvgIpc) is 2.94. The fourth-order valence-corrected chi connectivity index (χ4v) is 3.91. The Morgan fingerprint density at radius 1 is 0.870 bits per heavy atom.